The van der Waals surface area contributed by atoms with Crippen LogP contribution in [0.15, 0.2) is 28.8 Å². The maximum Gasteiger partial charge on any atom is 0.230 e. The second-order valence-electron chi connectivity index (χ2n) is 10.9. The molecule has 0 saturated heterocycles. The molecule has 1 N–H and O–H groups in total. The molecule has 1 amide bonds. The van der Waals surface area contributed by atoms with Crippen molar-refractivity contribution in [3.8, 4) is 5.75 Å². The van der Waals surface area contributed by atoms with Gasteiger partial charge in [0, 0.05) is 6.54 Å². The number of carbonyl (C=O) groups is 1. The van der Waals surface area contributed by atoms with Crippen LogP contribution in [0.2, 0.25) is 0 Å². The maximum absolute atomic E-state index is 13.2. The average molecular weight is 424 g/mol. The Labute approximate surface area is 184 Å². The zero-order valence-electron chi connectivity index (χ0n) is 19.0. The fraction of sp³-hybridized carbons (Fsp3) is 0.640. The Morgan fingerprint density at radius 2 is 1.90 bits per heavy atom. The Bertz CT molecular complexity index is 955. The summed E-state index contributed by atoms with van der Waals surface area (Å²) in [6.45, 7) is 7.11. The number of carbonyl (C=O) groups excluding carboxylic acids is 1. The number of amides is 1. The molecule has 6 heteroatoms. The highest BCUT2D eigenvalue weighted by atomic mass is 16.5. The van der Waals surface area contributed by atoms with Gasteiger partial charge in [0.25, 0.3) is 0 Å². The summed E-state index contributed by atoms with van der Waals surface area (Å²) >= 11 is 0. The number of fused-ring (bicyclic) bond motifs is 2. The monoisotopic (exact) mass is 423 g/mol. The van der Waals surface area contributed by atoms with E-state index in [0.29, 0.717) is 24.3 Å². The van der Waals surface area contributed by atoms with E-state index < -0.39 is 0 Å². The first kappa shape index (κ1) is 20.5. The van der Waals surface area contributed by atoms with Crippen molar-refractivity contribution in [3.05, 3.63) is 41.5 Å². The van der Waals surface area contributed by atoms with Crippen molar-refractivity contribution in [1.82, 2.24) is 15.5 Å². The van der Waals surface area contributed by atoms with Gasteiger partial charge < -0.3 is 14.6 Å². The van der Waals surface area contributed by atoms with Crippen molar-refractivity contribution in [3.63, 3.8) is 0 Å². The molecule has 0 unspecified atom stereocenters. The molecule has 6 nitrogen and oxygen atoms in total. The summed E-state index contributed by atoms with van der Waals surface area (Å²) < 4.78 is 11.1. The van der Waals surface area contributed by atoms with Gasteiger partial charge in [0.15, 0.2) is 5.82 Å². The fourth-order valence-electron chi connectivity index (χ4n) is 5.74. The van der Waals surface area contributed by atoms with Crippen molar-refractivity contribution in [1.29, 1.82) is 0 Å². The SMILES string of the molecule is COc1ccc(C2(c3noc([C@H]4[C@@H]5CC[C@@H](C5)[C@@H]4C(=O)NCC(C)(C)C)n3)CC2)cc1. The van der Waals surface area contributed by atoms with Gasteiger partial charge in [0.2, 0.25) is 11.8 Å². The lowest BCUT2D eigenvalue weighted by molar-refractivity contribution is -0.127. The number of ether oxygens (including phenoxy) is 1. The number of hydrogen-bond acceptors (Lipinski definition) is 5. The van der Waals surface area contributed by atoms with Crippen LogP contribution in [0.3, 0.4) is 0 Å². The van der Waals surface area contributed by atoms with E-state index in [1.165, 1.54) is 5.56 Å². The summed E-state index contributed by atoms with van der Waals surface area (Å²) in [5.74, 6) is 3.34. The van der Waals surface area contributed by atoms with Gasteiger partial charge in [0.05, 0.1) is 24.4 Å². The van der Waals surface area contributed by atoms with E-state index in [2.05, 4.69) is 43.4 Å². The number of benzene rings is 1. The zero-order chi connectivity index (χ0) is 21.8. The molecule has 0 spiro atoms. The maximum atomic E-state index is 13.2. The van der Waals surface area contributed by atoms with Gasteiger partial charge in [-0.25, -0.2) is 0 Å². The minimum atomic E-state index is -0.157. The Hall–Kier alpha value is -2.37. The van der Waals surface area contributed by atoms with Crippen LogP contribution >= 0.6 is 0 Å². The topological polar surface area (TPSA) is 77.2 Å². The van der Waals surface area contributed by atoms with Gasteiger partial charge in [-0.1, -0.05) is 38.1 Å². The molecule has 2 bridgehead atoms. The molecule has 1 aromatic heterocycles. The summed E-state index contributed by atoms with van der Waals surface area (Å²) in [6, 6.07) is 8.17. The smallest absolute Gasteiger partial charge is 0.230 e. The highest BCUT2D eigenvalue weighted by Crippen LogP contribution is 2.57. The number of rotatable bonds is 6. The quantitative estimate of drug-likeness (QED) is 0.743. The van der Waals surface area contributed by atoms with E-state index in [4.69, 9.17) is 14.2 Å². The molecular weight excluding hydrogens is 390 g/mol. The molecule has 3 aliphatic rings. The van der Waals surface area contributed by atoms with Crippen LogP contribution in [0.25, 0.3) is 0 Å². The lowest BCUT2D eigenvalue weighted by Gasteiger charge is -2.29. The van der Waals surface area contributed by atoms with E-state index >= 15 is 0 Å². The van der Waals surface area contributed by atoms with Gasteiger partial charge in [-0.05, 0) is 67.1 Å². The molecule has 1 aromatic carbocycles. The van der Waals surface area contributed by atoms with Gasteiger partial charge in [-0.2, -0.15) is 4.98 Å². The van der Waals surface area contributed by atoms with Crippen LogP contribution in [0.5, 0.6) is 5.75 Å². The van der Waals surface area contributed by atoms with E-state index in [-0.39, 0.29) is 28.6 Å². The minimum absolute atomic E-state index is 0.0478. The number of aromatic nitrogens is 2. The number of methoxy groups -OCH3 is 1. The van der Waals surface area contributed by atoms with E-state index in [1.807, 2.05) is 12.1 Å². The third-order valence-electron chi connectivity index (χ3n) is 7.56. The fourth-order valence-corrected chi connectivity index (χ4v) is 5.74. The standard InChI is InChI=1S/C25H33N3O3/c1-24(2,3)14-26-21(29)19-15-5-6-16(13-15)20(19)22-27-23(28-31-22)25(11-12-25)17-7-9-18(30-4)10-8-17/h7-10,15-16,19-20H,5-6,11-14H2,1-4H3,(H,26,29)/t15-,16+,19-,20-/m0/s1. The van der Waals surface area contributed by atoms with Gasteiger partial charge in [-0.15, -0.1) is 0 Å². The van der Waals surface area contributed by atoms with Crippen molar-refractivity contribution in [2.75, 3.05) is 13.7 Å². The van der Waals surface area contributed by atoms with Crippen molar-refractivity contribution in [2.45, 2.75) is 64.2 Å². The summed E-state index contributed by atoms with van der Waals surface area (Å²) in [6.07, 6.45) is 5.42. The highest BCUT2D eigenvalue weighted by Gasteiger charge is 2.55. The lowest BCUT2D eigenvalue weighted by atomic mass is 9.78. The van der Waals surface area contributed by atoms with Crippen LogP contribution in [0, 0.1) is 23.2 Å². The second-order valence-corrected chi connectivity index (χ2v) is 10.9. The van der Waals surface area contributed by atoms with Crippen molar-refractivity contribution in [2.24, 2.45) is 23.2 Å². The molecule has 0 radical (unpaired) electrons. The molecule has 166 valence electrons. The molecule has 4 atom stereocenters. The molecule has 1 heterocycles. The molecule has 0 aliphatic heterocycles. The normalized spacial score (nSPS) is 28.5. The first-order valence-corrected chi connectivity index (χ1v) is 11.6. The molecule has 3 saturated carbocycles. The Morgan fingerprint density at radius 1 is 1.19 bits per heavy atom. The Morgan fingerprint density at radius 3 is 2.55 bits per heavy atom. The molecular formula is C25H33N3O3. The molecule has 5 rings (SSSR count). The first-order chi connectivity index (χ1) is 14.8. The van der Waals surface area contributed by atoms with Gasteiger partial charge in [0.1, 0.15) is 5.75 Å². The third kappa shape index (κ3) is 3.64. The zero-order valence-corrected chi connectivity index (χ0v) is 19.0. The molecule has 3 fully saturated rings. The average Bonchev–Trinajstić information content (AvgIpc) is 3.10. The number of nitrogens with zero attached hydrogens (tertiary/aromatic N) is 2. The van der Waals surface area contributed by atoms with Crippen LogP contribution in [-0.4, -0.2) is 29.7 Å². The van der Waals surface area contributed by atoms with E-state index in [9.17, 15) is 4.79 Å². The Kier molecular flexibility index (Phi) is 4.87. The van der Waals surface area contributed by atoms with E-state index in [0.717, 1.165) is 43.7 Å². The summed E-state index contributed by atoms with van der Waals surface area (Å²) in [7, 11) is 1.68. The largest absolute Gasteiger partial charge is 0.497 e. The first-order valence-electron chi connectivity index (χ1n) is 11.6. The van der Waals surface area contributed by atoms with Crippen LogP contribution in [0.1, 0.15) is 76.1 Å². The van der Waals surface area contributed by atoms with Crippen LogP contribution < -0.4 is 10.1 Å². The predicted octanol–water partition coefficient (Wildman–Crippen LogP) is 4.45. The number of nitrogens with one attached hydrogen (secondary N) is 1. The Balaban J connectivity index is 1.38. The lowest BCUT2D eigenvalue weighted by Crippen LogP contribution is -2.41. The molecule has 3 aliphatic carbocycles. The summed E-state index contributed by atoms with van der Waals surface area (Å²) in [5.41, 5.74) is 1.11. The van der Waals surface area contributed by atoms with Crippen molar-refractivity contribution < 1.29 is 14.1 Å². The summed E-state index contributed by atoms with van der Waals surface area (Å²) in [4.78, 5) is 18.1. The second kappa shape index (κ2) is 7.35. The molecule has 2 aromatic rings. The minimum Gasteiger partial charge on any atom is -0.497 e. The van der Waals surface area contributed by atoms with Gasteiger partial charge >= 0.3 is 0 Å². The van der Waals surface area contributed by atoms with Gasteiger partial charge in [-0.3, -0.25) is 4.79 Å². The molecule has 31 heavy (non-hydrogen) atoms. The van der Waals surface area contributed by atoms with Crippen LogP contribution in [0.4, 0.5) is 0 Å². The number of hydrogen-bond donors (Lipinski definition) is 1. The predicted molar refractivity (Wildman–Crippen MR) is 117 cm³/mol. The van der Waals surface area contributed by atoms with Crippen LogP contribution in [-0.2, 0) is 10.2 Å². The van der Waals surface area contributed by atoms with Crippen molar-refractivity contribution >= 4 is 5.91 Å². The highest BCUT2D eigenvalue weighted by molar-refractivity contribution is 5.80. The van der Waals surface area contributed by atoms with E-state index in [1.54, 1.807) is 7.11 Å². The summed E-state index contributed by atoms with van der Waals surface area (Å²) in [5, 5.41) is 7.62. The third-order valence-corrected chi connectivity index (χ3v) is 7.56.